The van der Waals surface area contributed by atoms with E-state index in [1.54, 1.807) is 12.1 Å². The highest BCUT2D eigenvalue weighted by Crippen LogP contribution is 2.26. The van der Waals surface area contributed by atoms with Gasteiger partial charge in [0.2, 0.25) is 0 Å². The molecule has 2 rings (SSSR count). The molecule has 0 aromatic heterocycles. The van der Waals surface area contributed by atoms with Crippen LogP contribution in [0.5, 0.6) is 0 Å². The fourth-order valence-electron chi connectivity index (χ4n) is 1.37. The van der Waals surface area contributed by atoms with Crippen LogP contribution in [0, 0.1) is 0 Å². The fraction of sp³-hybridized carbons (Fsp3) is 0.100. The maximum Gasteiger partial charge on any atom is 0.189 e. The number of rotatable bonds is 0. The summed E-state index contributed by atoms with van der Waals surface area (Å²) in [5.41, 5.74) is 2.48. The van der Waals surface area contributed by atoms with E-state index < -0.39 is 0 Å². The molecule has 0 amide bonds. The molecule has 0 fully saturated rings. The van der Waals surface area contributed by atoms with E-state index in [1.807, 2.05) is 19.1 Å². The van der Waals surface area contributed by atoms with Gasteiger partial charge in [-0.25, -0.2) is 0 Å². The summed E-state index contributed by atoms with van der Waals surface area (Å²) in [5.74, 6) is 0.113. The fourth-order valence-corrected chi connectivity index (χ4v) is 1.55. The van der Waals surface area contributed by atoms with Crippen LogP contribution in [0.15, 0.2) is 23.8 Å². The number of carbonyl (C=O) groups is 1. The number of ketones is 1. The number of carbonyl (C=O) groups excluding carboxylic acids is 1. The summed E-state index contributed by atoms with van der Waals surface area (Å²) in [6, 6.07) is 5.32. The lowest BCUT2D eigenvalue weighted by atomic mass is 10.1. The summed E-state index contributed by atoms with van der Waals surface area (Å²) in [6.45, 7) is 1.82. The molecule has 0 saturated carbocycles. The summed E-state index contributed by atoms with van der Waals surface area (Å²) in [5, 5.41) is 0.674. The van der Waals surface area contributed by atoms with Gasteiger partial charge in [-0.1, -0.05) is 11.6 Å². The van der Waals surface area contributed by atoms with Crippen LogP contribution in [-0.2, 0) is 0 Å². The topological polar surface area (TPSA) is 17.1 Å². The van der Waals surface area contributed by atoms with E-state index >= 15 is 0 Å². The van der Waals surface area contributed by atoms with Crippen molar-refractivity contribution in [1.29, 1.82) is 0 Å². The SMILES string of the molecule is CC1=Cc2cc(Cl)ccc2C1=O. The van der Waals surface area contributed by atoms with E-state index in [9.17, 15) is 4.79 Å². The highest BCUT2D eigenvalue weighted by atomic mass is 35.5. The Kier molecular flexibility index (Phi) is 1.55. The summed E-state index contributed by atoms with van der Waals surface area (Å²) >= 11 is 5.78. The van der Waals surface area contributed by atoms with E-state index in [0.29, 0.717) is 5.02 Å². The molecule has 0 N–H and O–H groups in total. The lowest BCUT2D eigenvalue weighted by Gasteiger charge is -1.96. The second-order valence-corrected chi connectivity index (χ2v) is 3.32. The largest absolute Gasteiger partial charge is 0.289 e. The molecule has 0 spiro atoms. The lowest BCUT2D eigenvalue weighted by molar-refractivity contribution is 0.103. The first-order valence-corrected chi connectivity index (χ1v) is 4.09. The predicted molar refractivity (Wildman–Crippen MR) is 49.4 cm³/mol. The van der Waals surface area contributed by atoms with Gasteiger partial charge >= 0.3 is 0 Å². The first-order valence-electron chi connectivity index (χ1n) is 3.71. The number of Topliss-reactive ketones (excluding diaryl/α,β-unsaturated/α-hetero) is 1. The molecule has 1 aliphatic carbocycles. The van der Waals surface area contributed by atoms with E-state index in [4.69, 9.17) is 11.6 Å². The molecule has 0 bridgehead atoms. The van der Waals surface area contributed by atoms with Crippen molar-refractivity contribution < 1.29 is 4.79 Å². The second-order valence-electron chi connectivity index (χ2n) is 2.89. The van der Waals surface area contributed by atoms with E-state index in [2.05, 4.69) is 0 Å². The maximum absolute atomic E-state index is 11.4. The Morgan fingerprint density at radius 1 is 1.33 bits per heavy atom. The second kappa shape index (κ2) is 2.46. The highest BCUT2D eigenvalue weighted by molar-refractivity contribution is 6.31. The monoisotopic (exact) mass is 178 g/mol. The Hall–Kier alpha value is -1.08. The van der Waals surface area contributed by atoms with E-state index in [1.165, 1.54) is 0 Å². The molecule has 1 aromatic rings. The standard InChI is InChI=1S/C10H7ClO/c1-6-4-7-5-8(11)2-3-9(7)10(6)12/h2-5H,1H3. The number of hydrogen-bond acceptors (Lipinski definition) is 1. The molecule has 0 heterocycles. The van der Waals surface area contributed by atoms with Gasteiger partial charge in [-0.05, 0) is 42.3 Å². The molecular weight excluding hydrogens is 172 g/mol. The maximum atomic E-state index is 11.4. The zero-order valence-corrected chi connectivity index (χ0v) is 7.35. The normalized spacial score (nSPS) is 14.5. The van der Waals surface area contributed by atoms with Gasteiger partial charge in [0.1, 0.15) is 0 Å². The molecular formula is C10H7ClO. The van der Waals surface area contributed by atoms with Crippen LogP contribution >= 0.6 is 11.6 Å². The van der Waals surface area contributed by atoms with Gasteiger partial charge in [0.05, 0.1) is 0 Å². The van der Waals surface area contributed by atoms with Gasteiger partial charge in [-0.2, -0.15) is 0 Å². The van der Waals surface area contributed by atoms with Crippen LogP contribution in [0.2, 0.25) is 5.02 Å². The van der Waals surface area contributed by atoms with Gasteiger partial charge in [0, 0.05) is 10.6 Å². The molecule has 0 aliphatic heterocycles. The van der Waals surface area contributed by atoms with Crippen molar-refractivity contribution in [2.45, 2.75) is 6.92 Å². The third kappa shape index (κ3) is 0.978. The smallest absolute Gasteiger partial charge is 0.189 e. The van der Waals surface area contributed by atoms with Crippen LogP contribution in [0.4, 0.5) is 0 Å². The number of allylic oxidation sites excluding steroid dienone is 1. The van der Waals surface area contributed by atoms with Crippen molar-refractivity contribution in [1.82, 2.24) is 0 Å². The Bertz CT molecular complexity index is 391. The van der Waals surface area contributed by atoms with Crippen LogP contribution < -0.4 is 0 Å². The number of hydrogen-bond donors (Lipinski definition) is 0. The minimum atomic E-state index is 0.113. The summed E-state index contributed by atoms with van der Waals surface area (Å²) < 4.78 is 0. The molecule has 1 nitrogen and oxygen atoms in total. The van der Waals surface area contributed by atoms with Gasteiger partial charge in [0.25, 0.3) is 0 Å². The molecule has 0 saturated heterocycles. The zero-order chi connectivity index (χ0) is 8.72. The van der Waals surface area contributed by atoms with Crippen LogP contribution in [0.3, 0.4) is 0 Å². The van der Waals surface area contributed by atoms with Crippen molar-refractivity contribution >= 4 is 23.5 Å². The van der Waals surface area contributed by atoms with Gasteiger partial charge in [-0.3, -0.25) is 4.79 Å². The van der Waals surface area contributed by atoms with E-state index in [0.717, 1.165) is 16.7 Å². The van der Waals surface area contributed by atoms with E-state index in [-0.39, 0.29) is 5.78 Å². The Morgan fingerprint density at radius 3 is 2.83 bits per heavy atom. The average Bonchev–Trinajstić information content (AvgIpc) is 2.28. The first kappa shape index (κ1) is 7.56. The van der Waals surface area contributed by atoms with Crippen molar-refractivity contribution in [2.24, 2.45) is 0 Å². The Labute approximate surface area is 75.7 Å². The van der Waals surface area contributed by atoms with Gasteiger partial charge < -0.3 is 0 Å². The molecule has 0 atom stereocenters. The minimum Gasteiger partial charge on any atom is -0.289 e. The van der Waals surface area contributed by atoms with Crippen LogP contribution in [-0.4, -0.2) is 5.78 Å². The summed E-state index contributed by atoms with van der Waals surface area (Å²) in [6.07, 6.45) is 1.86. The van der Waals surface area contributed by atoms with Crippen LogP contribution in [0.1, 0.15) is 22.8 Å². The molecule has 12 heavy (non-hydrogen) atoms. The van der Waals surface area contributed by atoms with Crippen molar-refractivity contribution in [3.63, 3.8) is 0 Å². The molecule has 60 valence electrons. The molecule has 0 unspecified atom stereocenters. The highest BCUT2D eigenvalue weighted by Gasteiger charge is 2.18. The molecule has 0 radical (unpaired) electrons. The molecule has 1 aromatic carbocycles. The van der Waals surface area contributed by atoms with Crippen molar-refractivity contribution in [3.05, 3.63) is 39.9 Å². The van der Waals surface area contributed by atoms with Crippen molar-refractivity contribution in [3.8, 4) is 0 Å². The lowest BCUT2D eigenvalue weighted by Crippen LogP contribution is -1.94. The third-order valence-electron chi connectivity index (χ3n) is 1.99. The number of fused-ring (bicyclic) bond motifs is 1. The Balaban J connectivity index is 2.65. The Morgan fingerprint density at radius 2 is 2.08 bits per heavy atom. The summed E-state index contributed by atoms with van der Waals surface area (Å²) in [7, 11) is 0. The predicted octanol–water partition coefficient (Wildman–Crippen LogP) is 2.94. The first-order chi connectivity index (χ1) is 5.68. The van der Waals surface area contributed by atoms with Crippen LogP contribution in [0.25, 0.3) is 6.08 Å². The van der Waals surface area contributed by atoms with Gasteiger partial charge in [-0.15, -0.1) is 0 Å². The minimum absolute atomic E-state index is 0.113. The molecule has 2 heteroatoms. The third-order valence-corrected chi connectivity index (χ3v) is 2.22. The number of halogens is 1. The quantitative estimate of drug-likeness (QED) is 0.597. The average molecular weight is 179 g/mol. The summed E-state index contributed by atoms with van der Waals surface area (Å²) in [4.78, 5) is 11.4. The van der Waals surface area contributed by atoms with Crippen molar-refractivity contribution in [2.75, 3.05) is 0 Å². The zero-order valence-electron chi connectivity index (χ0n) is 6.60. The van der Waals surface area contributed by atoms with Gasteiger partial charge in [0.15, 0.2) is 5.78 Å². The molecule has 1 aliphatic rings. The number of benzene rings is 1.